The summed E-state index contributed by atoms with van der Waals surface area (Å²) in [5, 5.41) is 2.29. The van der Waals surface area contributed by atoms with E-state index >= 15 is 0 Å². The van der Waals surface area contributed by atoms with E-state index in [2.05, 4.69) is 32.0 Å². The van der Waals surface area contributed by atoms with Crippen molar-refractivity contribution in [2.75, 3.05) is 24.3 Å². The highest BCUT2D eigenvalue weighted by Crippen LogP contribution is 2.46. The molecule has 0 N–H and O–H groups in total. The van der Waals surface area contributed by atoms with Crippen molar-refractivity contribution in [2.24, 2.45) is 0 Å². The van der Waals surface area contributed by atoms with E-state index in [1.54, 1.807) is 6.08 Å². The highest BCUT2D eigenvalue weighted by Gasteiger charge is 2.38. The summed E-state index contributed by atoms with van der Waals surface area (Å²) in [5.74, 6) is -0.446. The van der Waals surface area contributed by atoms with Gasteiger partial charge in [-0.3, -0.25) is 9.59 Å². The lowest BCUT2D eigenvalue weighted by molar-refractivity contribution is -0.144. The van der Waals surface area contributed by atoms with Crippen molar-refractivity contribution in [3.63, 3.8) is 0 Å². The summed E-state index contributed by atoms with van der Waals surface area (Å²) in [5.41, 5.74) is 2.90. The number of para-hydroxylation sites is 1. The second-order valence-electron chi connectivity index (χ2n) is 8.16. The Kier molecular flexibility index (Phi) is 5.88. The fourth-order valence-electron chi connectivity index (χ4n) is 4.05. The average molecular weight is 432 g/mol. The van der Waals surface area contributed by atoms with E-state index in [-0.39, 0.29) is 23.6 Å². The summed E-state index contributed by atoms with van der Waals surface area (Å²) in [6.07, 6.45) is 1.60. The molecule has 0 spiro atoms. The third-order valence-corrected chi connectivity index (χ3v) is 6.66. The van der Waals surface area contributed by atoms with Crippen molar-refractivity contribution >= 4 is 40.0 Å². The number of nitrogens with zero attached hydrogens (tertiary/aromatic N) is 1. The predicted molar refractivity (Wildman–Crippen MR) is 127 cm³/mol. The molecule has 3 aromatic rings. The summed E-state index contributed by atoms with van der Waals surface area (Å²) in [7, 11) is 1.96. The summed E-state index contributed by atoms with van der Waals surface area (Å²) in [4.78, 5) is 27.7. The number of fused-ring (bicyclic) bond motifs is 2. The molecule has 0 bridgehead atoms. The van der Waals surface area contributed by atoms with Crippen LogP contribution < -0.4 is 4.90 Å². The van der Waals surface area contributed by atoms with Crippen LogP contribution in [0, 0.1) is 0 Å². The monoisotopic (exact) mass is 431 g/mol. The molecule has 1 aliphatic heterocycles. The number of hydrogen-bond acceptors (Lipinski definition) is 5. The first-order chi connectivity index (χ1) is 14.9. The molecule has 0 saturated carbocycles. The quantitative estimate of drug-likeness (QED) is 0.299. The Bertz CT molecular complexity index is 1180. The van der Waals surface area contributed by atoms with E-state index in [0.717, 1.165) is 27.1 Å². The zero-order valence-corrected chi connectivity index (χ0v) is 18.7. The molecule has 1 aliphatic rings. The van der Waals surface area contributed by atoms with Crippen LogP contribution in [0.3, 0.4) is 0 Å². The number of ketones is 1. The number of ether oxygens (including phenoxy) is 1. The molecule has 5 heteroatoms. The number of esters is 1. The first-order valence-electron chi connectivity index (χ1n) is 10.2. The van der Waals surface area contributed by atoms with Crippen molar-refractivity contribution in [2.45, 2.75) is 24.2 Å². The average Bonchev–Trinajstić information content (AvgIpc) is 2.97. The van der Waals surface area contributed by atoms with Crippen LogP contribution in [0.4, 0.5) is 5.69 Å². The molecule has 0 amide bonds. The van der Waals surface area contributed by atoms with E-state index in [1.807, 2.05) is 60.5 Å². The Morgan fingerprint density at radius 2 is 1.71 bits per heavy atom. The Balaban J connectivity index is 1.33. The summed E-state index contributed by atoms with van der Waals surface area (Å²) < 4.78 is 5.23. The maximum atomic E-state index is 12.5. The van der Waals surface area contributed by atoms with Gasteiger partial charge in [0.1, 0.15) is 0 Å². The van der Waals surface area contributed by atoms with E-state index in [0.29, 0.717) is 0 Å². The molecule has 4 rings (SSSR count). The van der Waals surface area contributed by atoms with Crippen LogP contribution in [-0.4, -0.2) is 31.2 Å². The van der Waals surface area contributed by atoms with Crippen LogP contribution in [0.15, 0.2) is 83.4 Å². The molecule has 158 valence electrons. The first-order valence-corrected chi connectivity index (χ1v) is 11.2. The lowest BCUT2D eigenvalue weighted by Crippen LogP contribution is -2.25. The highest BCUT2D eigenvalue weighted by molar-refractivity contribution is 8.00. The molecule has 4 nitrogen and oxygen atoms in total. The fourth-order valence-corrected chi connectivity index (χ4v) is 4.79. The van der Waals surface area contributed by atoms with Gasteiger partial charge < -0.3 is 9.64 Å². The number of rotatable bonds is 6. The molecule has 0 radical (unpaired) electrons. The number of likely N-dealkylation sites (N-methyl/N-ethyl adjacent to an activating group) is 1. The molecule has 3 aromatic carbocycles. The van der Waals surface area contributed by atoms with Gasteiger partial charge in [0.15, 0.2) is 12.4 Å². The smallest absolute Gasteiger partial charge is 0.316 e. The SMILES string of the molecule is CN1C(=CC(=O)COC(=O)CSc2ccc3ccccc3c2)C(C)(C)c2ccccc21. The number of thioether (sulfide) groups is 1. The number of carbonyl (C=O) groups is 2. The lowest BCUT2D eigenvalue weighted by atomic mass is 9.83. The maximum Gasteiger partial charge on any atom is 0.316 e. The zero-order valence-electron chi connectivity index (χ0n) is 17.9. The van der Waals surface area contributed by atoms with E-state index in [9.17, 15) is 9.59 Å². The predicted octanol–water partition coefficient (Wildman–Crippen LogP) is 5.36. The van der Waals surface area contributed by atoms with Crippen molar-refractivity contribution in [1.82, 2.24) is 0 Å². The second kappa shape index (κ2) is 8.60. The first kappa shape index (κ1) is 21.2. The Morgan fingerprint density at radius 1 is 1.00 bits per heavy atom. The maximum absolute atomic E-state index is 12.5. The normalized spacial score (nSPS) is 15.8. The topological polar surface area (TPSA) is 46.6 Å². The molecule has 0 aromatic heterocycles. The number of anilines is 1. The Labute approximate surface area is 186 Å². The molecule has 0 aliphatic carbocycles. The standard InChI is InChI=1S/C26H25NO3S/c1-26(2)22-10-6-7-11-23(22)27(3)24(26)15-20(28)16-30-25(29)17-31-21-13-12-18-8-4-5-9-19(18)14-21/h4-15H,16-17H2,1-3H3. The highest BCUT2D eigenvalue weighted by atomic mass is 32.2. The molecule has 1 heterocycles. The van der Waals surface area contributed by atoms with Gasteiger partial charge in [0, 0.05) is 34.8 Å². The molecule has 0 unspecified atom stereocenters. The van der Waals surface area contributed by atoms with Crippen LogP contribution in [-0.2, 0) is 19.7 Å². The third-order valence-electron chi connectivity index (χ3n) is 5.69. The van der Waals surface area contributed by atoms with Gasteiger partial charge >= 0.3 is 5.97 Å². The van der Waals surface area contributed by atoms with E-state index < -0.39 is 5.97 Å². The van der Waals surface area contributed by atoms with Gasteiger partial charge in [-0.2, -0.15) is 0 Å². The molecule has 31 heavy (non-hydrogen) atoms. The Morgan fingerprint density at radius 3 is 2.48 bits per heavy atom. The Hall–Kier alpha value is -3.05. The number of benzene rings is 3. The van der Waals surface area contributed by atoms with Crippen molar-refractivity contribution < 1.29 is 14.3 Å². The van der Waals surface area contributed by atoms with Crippen molar-refractivity contribution in [3.05, 3.63) is 84.1 Å². The van der Waals surface area contributed by atoms with Crippen molar-refractivity contribution in [1.29, 1.82) is 0 Å². The van der Waals surface area contributed by atoms with Crippen LogP contribution in [0.1, 0.15) is 19.4 Å². The van der Waals surface area contributed by atoms with Gasteiger partial charge in [-0.05, 0) is 34.5 Å². The van der Waals surface area contributed by atoms with Gasteiger partial charge in [0.25, 0.3) is 0 Å². The van der Waals surface area contributed by atoms with Gasteiger partial charge in [-0.15, -0.1) is 11.8 Å². The lowest BCUT2D eigenvalue weighted by Gasteiger charge is -2.23. The van der Waals surface area contributed by atoms with Gasteiger partial charge in [-0.25, -0.2) is 0 Å². The van der Waals surface area contributed by atoms with Crippen LogP contribution >= 0.6 is 11.8 Å². The number of allylic oxidation sites excluding steroid dienone is 1. The number of hydrogen-bond donors (Lipinski definition) is 0. The second-order valence-corrected chi connectivity index (χ2v) is 9.20. The number of carbonyl (C=O) groups excluding carboxylic acids is 2. The van der Waals surface area contributed by atoms with Crippen LogP contribution in [0.2, 0.25) is 0 Å². The molecule has 0 fully saturated rings. The summed E-state index contributed by atoms with van der Waals surface area (Å²) in [6.45, 7) is 3.95. The van der Waals surface area contributed by atoms with E-state index in [4.69, 9.17) is 4.74 Å². The van der Waals surface area contributed by atoms with Gasteiger partial charge in [0.05, 0.1) is 5.75 Å². The fraction of sp³-hybridized carbons (Fsp3) is 0.231. The zero-order chi connectivity index (χ0) is 22.0. The molecular formula is C26H25NO3S. The summed E-state index contributed by atoms with van der Waals surface area (Å²) >= 11 is 1.41. The summed E-state index contributed by atoms with van der Waals surface area (Å²) in [6, 6.07) is 22.3. The molecular weight excluding hydrogens is 406 g/mol. The van der Waals surface area contributed by atoms with Gasteiger partial charge in [0.2, 0.25) is 0 Å². The van der Waals surface area contributed by atoms with Crippen molar-refractivity contribution in [3.8, 4) is 0 Å². The molecule has 0 atom stereocenters. The van der Waals surface area contributed by atoms with Gasteiger partial charge in [-0.1, -0.05) is 62.4 Å². The van der Waals surface area contributed by atoms with Crippen LogP contribution in [0.25, 0.3) is 10.8 Å². The van der Waals surface area contributed by atoms with E-state index in [1.165, 1.54) is 17.3 Å². The molecule has 0 saturated heterocycles. The van der Waals surface area contributed by atoms with Crippen LogP contribution in [0.5, 0.6) is 0 Å². The minimum absolute atomic E-state index is 0.166. The largest absolute Gasteiger partial charge is 0.457 e. The third kappa shape index (κ3) is 4.37. The minimum atomic E-state index is -0.396. The minimum Gasteiger partial charge on any atom is -0.457 e.